The molecule has 0 fully saturated rings. The second-order valence-electron chi connectivity index (χ2n) is 2.89. The highest BCUT2D eigenvalue weighted by Crippen LogP contribution is 2.33. The first kappa shape index (κ1) is 11.7. The minimum Gasteiger partial charge on any atom is -0.398 e. The van der Waals surface area contributed by atoms with Gasteiger partial charge < -0.3 is 5.73 Å². The zero-order chi connectivity index (χ0) is 11.8. The van der Waals surface area contributed by atoms with E-state index >= 15 is 0 Å². The first-order valence-electron chi connectivity index (χ1n) is 3.86. The number of nitrogens with zero attached hydrogens (tertiary/aromatic N) is 1. The van der Waals surface area contributed by atoms with Crippen LogP contribution in [0.1, 0.15) is 23.4 Å². The standard InChI is InChI=1S/C8H7F5N2/c1-3-6(7(9)10)4(14)2-5(15-3)8(11,12)13/h2,7H,1H3,(H2,14,15). The lowest BCUT2D eigenvalue weighted by atomic mass is 10.1. The summed E-state index contributed by atoms with van der Waals surface area (Å²) in [5.41, 5.74) is 2.19. The third-order valence-electron chi connectivity index (χ3n) is 1.79. The number of pyridine rings is 1. The van der Waals surface area contributed by atoms with Crippen molar-refractivity contribution in [2.75, 3.05) is 5.73 Å². The van der Waals surface area contributed by atoms with Crippen molar-refractivity contribution in [2.45, 2.75) is 19.5 Å². The predicted molar refractivity (Wildman–Crippen MR) is 43.3 cm³/mol. The molecule has 0 bridgehead atoms. The molecule has 1 aromatic rings. The summed E-state index contributed by atoms with van der Waals surface area (Å²) >= 11 is 0. The highest BCUT2D eigenvalue weighted by molar-refractivity contribution is 5.50. The van der Waals surface area contributed by atoms with Crippen LogP contribution in [0.15, 0.2) is 6.07 Å². The molecule has 0 amide bonds. The van der Waals surface area contributed by atoms with Crippen LogP contribution in [0.3, 0.4) is 0 Å². The largest absolute Gasteiger partial charge is 0.433 e. The SMILES string of the molecule is Cc1nc(C(F)(F)F)cc(N)c1C(F)F. The molecule has 0 aliphatic rings. The highest BCUT2D eigenvalue weighted by Gasteiger charge is 2.34. The number of halogens is 5. The monoisotopic (exact) mass is 226 g/mol. The van der Waals surface area contributed by atoms with Crippen molar-refractivity contribution in [1.29, 1.82) is 0 Å². The summed E-state index contributed by atoms with van der Waals surface area (Å²) in [7, 11) is 0. The first-order chi connectivity index (χ1) is 6.73. The van der Waals surface area contributed by atoms with Gasteiger partial charge in [-0.1, -0.05) is 0 Å². The number of rotatable bonds is 1. The van der Waals surface area contributed by atoms with E-state index < -0.39 is 35.2 Å². The Hall–Kier alpha value is -1.40. The van der Waals surface area contributed by atoms with Crippen molar-refractivity contribution in [3.63, 3.8) is 0 Å². The van der Waals surface area contributed by atoms with E-state index in [-0.39, 0.29) is 0 Å². The van der Waals surface area contributed by atoms with E-state index in [1.807, 2.05) is 0 Å². The second kappa shape index (κ2) is 3.63. The summed E-state index contributed by atoms with van der Waals surface area (Å²) in [4.78, 5) is 3.04. The molecule has 1 rings (SSSR count). The molecule has 2 nitrogen and oxygen atoms in total. The number of hydrogen-bond donors (Lipinski definition) is 1. The van der Waals surface area contributed by atoms with Crippen molar-refractivity contribution < 1.29 is 22.0 Å². The average Bonchev–Trinajstić information content (AvgIpc) is 1.99. The van der Waals surface area contributed by atoms with Gasteiger partial charge in [-0.3, -0.25) is 0 Å². The summed E-state index contributed by atoms with van der Waals surface area (Å²) < 4.78 is 61.2. The van der Waals surface area contributed by atoms with Crippen molar-refractivity contribution in [3.8, 4) is 0 Å². The van der Waals surface area contributed by atoms with Crippen molar-refractivity contribution >= 4 is 5.69 Å². The molecular weight excluding hydrogens is 219 g/mol. The molecule has 15 heavy (non-hydrogen) atoms. The summed E-state index contributed by atoms with van der Waals surface area (Å²) in [5, 5.41) is 0. The number of hydrogen-bond acceptors (Lipinski definition) is 2. The molecule has 1 heterocycles. The Bertz CT molecular complexity index is 349. The fourth-order valence-electron chi connectivity index (χ4n) is 1.14. The van der Waals surface area contributed by atoms with E-state index in [2.05, 4.69) is 4.98 Å². The summed E-state index contributed by atoms with van der Waals surface area (Å²) in [5.74, 6) is 0. The van der Waals surface area contributed by atoms with E-state index in [1.165, 1.54) is 0 Å². The number of nitrogens with two attached hydrogens (primary N) is 1. The molecule has 0 unspecified atom stereocenters. The number of aromatic nitrogens is 1. The van der Waals surface area contributed by atoms with Crippen LogP contribution in [0.25, 0.3) is 0 Å². The molecule has 0 aliphatic carbocycles. The van der Waals surface area contributed by atoms with Gasteiger partial charge in [-0.15, -0.1) is 0 Å². The Morgan fingerprint density at radius 1 is 1.33 bits per heavy atom. The van der Waals surface area contributed by atoms with Gasteiger partial charge in [0.2, 0.25) is 0 Å². The van der Waals surface area contributed by atoms with Gasteiger partial charge in [0.05, 0.1) is 5.56 Å². The van der Waals surface area contributed by atoms with Gasteiger partial charge in [0.1, 0.15) is 5.69 Å². The Morgan fingerprint density at radius 3 is 2.20 bits per heavy atom. The van der Waals surface area contributed by atoms with Crippen LogP contribution >= 0.6 is 0 Å². The van der Waals surface area contributed by atoms with Gasteiger partial charge in [0, 0.05) is 11.4 Å². The zero-order valence-electron chi connectivity index (χ0n) is 7.57. The molecule has 0 atom stereocenters. The first-order valence-corrected chi connectivity index (χ1v) is 3.86. The minimum atomic E-state index is -4.68. The molecule has 1 aromatic heterocycles. The van der Waals surface area contributed by atoms with Crippen LogP contribution in [0, 0.1) is 6.92 Å². The van der Waals surface area contributed by atoms with E-state index in [4.69, 9.17) is 5.73 Å². The normalized spacial score (nSPS) is 12.2. The van der Waals surface area contributed by atoms with Gasteiger partial charge in [-0.05, 0) is 13.0 Å². The topological polar surface area (TPSA) is 38.9 Å². The van der Waals surface area contributed by atoms with Gasteiger partial charge in [0.25, 0.3) is 6.43 Å². The highest BCUT2D eigenvalue weighted by atomic mass is 19.4. The van der Waals surface area contributed by atoms with Crippen LogP contribution in [0.5, 0.6) is 0 Å². The van der Waals surface area contributed by atoms with Gasteiger partial charge in [0.15, 0.2) is 0 Å². The lowest BCUT2D eigenvalue weighted by Gasteiger charge is -2.12. The Kier molecular flexibility index (Phi) is 2.83. The maximum atomic E-state index is 12.3. The second-order valence-corrected chi connectivity index (χ2v) is 2.89. The molecule has 0 aliphatic heterocycles. The van der Waals surface area contributed by atoms with Crippen LogP contribution in [-0.4, -0.2) is 4.98 Å². The average molecular weight is 226 g/mol. The molecule has 2 N–H and O–H groups in total. The molecule has 0 spiro atoms. The maximum Gasteiger partial charge on any atom is 0.433 e. The van der Waals surface area contributed by atoms with Gasteiger partial charge >= 0.3 is 6.18 Å². The fourth-order valence-corrected chi connectivity index (χ4v) is 1.14. The third-order valence-corrected chi connectivity index (χ3v) is 1.79. The molecule has 0 radical (unpaired) electrons. The molecule has 0 saturated heterocycles. The van der Waals surface area contributed by atoms with Crippen molar-refractivity contribution in [1.82, 2.24) is 4.98 Å². The molecule has 84 valence electrons. The predicted octanol–water partition coefficient (Wildman–Crippen LogP) is 2.93. The van der Waals surface area contributed by atoms with Gasteiger partial charge in [-0.25, -0.2) is 13.8 Å². The van der Waals surface area contributed by atoms with E-state index in [1.54, 1.807) is 0 Å². The lowest BCUT2D eigenvalue weighted by molar-refractivity contribution is -0.141. The maximum absolute atomic E-state index is 12.3. The zero-order valence-corrected chi connectivity index (χ0v) is 7.57. The summed E-state index contributed by atoms with van der Waals surface area (Å²) in [6.07, 6.45) is -7.61. The van der Waals surface area contributed by atoms with Crippen LogP contribution in [0.4, 0.5) is 27.6 Å². The number of nitrogen functional groups attached to an aromatic ring is 1. The molecular formula is C8H7F5N2. The fraction of sp³-hybridized carbons (Fsp3) is 0.375. The minimum absolute atomic E-state index is 0.405. The van der Waals surface area contributed by atoms with Crippen LogP contribution < -0.4 is 5.73 Å². The summed E-state index contributed by atoms with van der Waals surface area (Å²) in [6.45, 7) is 1.06. The Labute approximate surface area is 81.9 Å². The smallest absolute Gasteiger partial charge is 0.398 e. The van der Waals surface area contributed by atoms with E-state index in [9.17, 15) is 22.0 Å². The Balaban J connectivity index is 3.32. The number of anilines is 1. The molecule has 0 aromatic carbocycles. The van der Waals surface area contributed by atoms with E-state index in [0.717, 1.165) is 6.92 Å². The van der Waals surface area contributed by atoms with Crippen molar-refractivity contribution in [2.24, 2.45) is 0 Å². The summed E-state index contributed by atoms with van der Waals surface area (Å²) in [6, 6.07) is 0.411. The number of aryl methyl sites for hydroxylation is 1. The van der Waals surface area contributed by atoms with Gasteiger partial charge in [-0.2, -0.15) is 13.2 Å². The molecule has 0 saturated carbocycles. The lowest BCUT2D eigenvalue weighted by Crippen LogP contribution is -2.12. The van der Waals surface area contributed by atoms with Crippen LogP contribution in [-0.2, 0) is 6.18 Å². The third kappa shape index (κ3) is 2.34. The number of alkyl halides is 5. The molecule has 7 heteroatoms. The Morgan fingerprint density at radius 2 is 1.87 bits per heavy atom. The van der Waals surface area contributed by atoms with Crippen molar-refractivity contribution in [3.05, 3.63) is 23.0 Å². The quantitative estimate of drug-likeness (QED) is 0.747. The van der Waals surface area contributed by atoms with Crippen LogP contribution in [0.2, 0.25) is 0 Å². The van der Waals surface area contributed by atoms with E-state index in [0.29, 0.717) is 6.07 Å².